The molecule has 1 aliphatic rings. The molecule has 0 nitrogen and oxygen atoms in total. The smallest absolute Gasteiger partial charge is 0.0997 e. The van der Waals surface area contributed by atoms with Crippen LogP contribution in [0.15, 0.2) is 23.0 Å². The van der Waals surface area contributed by atoms with E-state index in [1.807, 2.05) is 0 Å². The van der Waals surface area contributed by atoms with Crippen molar-refractivity contribution in [1.29, 1.82) is 0 Å². The Bertz CT molecular complexity index is 112. The van der Waals surface area contributed by atoms with Crippen LogP contribution < -0.4 is 0 Å². The van der Waals surface area contributed by atoms with Crippen molar-refractivity contribution in [2.24, 2.45) is 0 Å². The second-order valence-corrected chi connectivity index (χ2v) is 2.85. The Morgan fingerprint density at radius 1 is 1.00 bits per heavy atom. The van der Waals surface area contributed by atoms with Crippen LogP contribution in [-0.4, -0.2) is 0 Å². The quantitative estimate of drug-likeness (QED) is 0.463. The molecule has 0 amide bonds. The van der Waals surface area contributed by atoms with E-state index in [-0.39, 0.29) is 0 Å². The van der Waals surface area contributed by atoms with Crippen LogP contribution in [0, 0.1) is 0 Å². The summed E-state index contributed by atoms with van der Waals surface area (Å²) in [5, 5.41) is 1.88. The number of hydrogen-bond acceptors (Lipinski definition) is 0. The maximum absolute atomic E-state index is 11.9. The fourth-order valence-corrected chi connectivity index (χ4v) is 1.04. The Balaban J connectivity index is 2.77. The minimum absolute atomic E-state index is 0.938. The molecule has 0 radical (unpaired) electrons. The predicted molar refractivity (Wildman–Crippen MR) is 28.1 cm³/mol. The molecule has 1 rings (SSSR count). The van der Waals surface area contributed by atoms with Gasteiger partial charge in [-0.3, -0.25) is 0 Å². The zero-order chi connectivity index (χ0) is 5.33. The van der Waals surface area contributed by atoms with E-state index < -0.39 is 10.8 Å². The molecule has 3 heteroatoms. The fourth-order valence-electron chi connectivity index (χ4n) is 0.346. The van der Waals surface area contributed by atoms with Crippen molar-refractivity contribution in [2.75, 3.05) is 0 Å². The molecular weight excluding hydrogens is 118 g/mol. The largest absolute Gasteiger partial charge is 0.149 e. The summed E-state index contributed by atoms with van der Waals surface area (Å²) in [5.74, 6) is 0. The molecule has 40 valence electrons. The first-order valence-electron chi connectivity index (χ1n) is 1.78. The SMILES string of the molecule is FS1(F)C=CC=C1. The van der Waals surface area contributed by atoms with Gasteiger partial charge in [0.1, 0.15) is 0 Å². The minimum atomic E-state index is -3.41. The van der Waals surface area contributed by atoms with E-state index in [1.54, 1.807) is 0 Å². The standard InChI is InChI=1S/C4H4F2S/c5-7(6)3-1-2-4-7/h1-4H. The molecule has 0 spiro atoms. The highest BCUT2D eigenvalue weighted by atomic mass is 32.3. The lowest BCUT2D eigenvalue weighted by Crippen LogP contribution is -1.60. The van der Waals surface area contributed by atoms with Crippen LogP contribution in [0.1, 0.15) is 0 Å². The van der Waals surface area contributed by atoms with Gasteiger partial charge in [-0.2, -0.15) is 0 Å². The molecule has 0 fully saturated rings. The molecule has 0 unspecified atom stereocenters. The molecule has 0 atom stereocenters. The zero-order valence-electron chi connectivity index (χ0n) is 3.47. The average Bonchev–Trinajstić information content (AvgIpc) is 1.84. The third-order valence-electron chi connectivity index (χ3n) is 0.631. The first-order chi connectivity index (χ1) is 3.21. The first kappa shape index (κ1) is 4.84. The van der Waals surface area contributed by atoms with Crippen LogP contribution >= 0.6 is 10.8 Å². The summed E-state index contributed by atoms with van der Waals surface area (Å²) in [5.41, 5.74) is 0. The van der Waals surface area contributed by atoms with E-state index in [1.165, 1.54) is 12.2 Å². The van der Waals surface area contributed by atoms with Crippen molar-refractivity contribution in [3.63, 3.8) is 0 Å². The first-order valence-corrected chi connectivity index (χ1v) is 3.34. The summed E-state index contributed by atoms with van der Waals surface area (Å²) in [6, 6.07) is 0. The maximum Gasteiger partial charge on any atom is 0.0997 e. The molecule has 0 saturated heterocycles. The fraction of sp³-hybridized carbons (Fsp3) is 0. The van der Waals surface area contributed by atoms with Crippen molar-refractivity contribution in [3.05, 3.63) is 23.0 Å². The van der Waals surface area contributed by atoms with Gasteiger partial charge in [-0.15, -0.1) is 7.77 Å². The summed E-state index contributed by atoms with van der Waals surface area (Å²) in [7, 11) is -3.41. The Labute approximate surface area is 42.4 Å². The van der Waals surface area contributed by atoms with Gasteiger partial charge in [0.05, 0.1) is 10.8 Å². The normalized spacial score (nSPS) is 28.3. The van der Waals surface area contributed by atoms with E-state index in [9.17, 15) is 7.77 Å². The minimum Gasteiger partial charge on any atom is -0.149 e. The molecule has 0 bridgehead atoms. The highest BCUT2D eigenvalue weighted by Crippen LogP contribution is 2.56. The molecule has 0 aromatic carbocycles. The summed E-state index contributed by atoms with van der Waals surface area (Å²) < 4.78 is 23.7. The second kappa shape index (κ2) is 1.33. The Morgan fingerprint density at radius 3 is 1.57 bits per heavy atom. The maximum atomic E-state index is 11.9. The molecule has 0 aliphatic carbocycles. The lowest BCUT2D eigenvalue weighted by Gasteiger charge is -2.03. The van der Waals surface area contributed by atoms with Gasteiger partial charge in [-0.25, -0.2) is 0 Å². The van der Waals surface area contributed by atoms with Crippen LogP contribution in [0.25, 0.3) is 0 Å². The van der Waals surface area contributed by atoms with Gasteiger partial charge < -0.3 is 0 Å². The van der Waals surface area contributed by atoms with Gasteiger partial charge >= 0.3 is 0 Å². The molecule has 0 aromatic heterocycles. The number of rotatable bonds is 0. The molecular formula is C4H4F2S. The third-order valence-corrected chi connectivity index (χ3v) is 1.67. The molecule has 0 aromatic rings. The molecule has 1 heterocycles. The van der Waals surface area contributed by atoms with Gasteiger partial charge in [-0.05, 0) is 0 Å². The van der Waals surface area contributed by atoms with Crippen molar-refractivity contribution in [2.45, 2.75) is 0 Å². The highest BCUT2D eigenvalue weighted by Gasteiger charge is 2.15. The van der Waals surface area contributed by atoms with Crippen LogP contribution in [0.4, 0.5) is 7.77 Å². The summed E-state index contributed by atoms with van der Waals surface area (Å²) >= 11 is 0. The zero-order valence-corrected chi connectivity index (χ0v) is 4.29. The molecule has 0 saturated carbocycles. The second-order valence-electron chi connectivity index (χ2n) is 1.21. The lowest BCUT2D eigenvalue weighted by atomic mass is 10.6. The van der Waals surface area contributed by atoms with Crippen molar-refractivity contribution in [1.82, 2.24) is 0 Å². The summed E-state index contributed by atoms with van der Waals surface area (Å²) in [6.07, 6.45) is 2.74. The van der Waals surface area contributed by atoms with E-state index in [2.05, 4.69) is 0 Å². The van der Waals surface area contributed by atoms with Crippen LogP contribution in [0.5, 0.6) is 0 Å². The van der Waals surface area contributed by atoms with Gasteiger partial charge in [0, 0.05) is 10.8 Å². The summed E-state index contributed by atoms with van der Waals surface area (Å²) in [6.45, 7) is 0. The van der Waals surface area contributed by atoms with E-state index in [0.29, 0.717) is 0 Å². The lowest BCUT2D eigenvalue weighted by molar-refractivity contribution is 0.778. The number of hydrogen-bond donors (Lipinski definition) is 0. The van der Waals surface area contributed by atoms with Crippen LogP contribution in [-0.2, 0) is 0 Å². The van der Waals surface area contributed by atoms with Gasteiger partial charge in [-0.1, -0.05) is 12.2 Å². The Hall–Kier alpha value is -0.310. The van der Waals surface area contributed by atoms with Crippen molar-refractivity contribution in [3.8, 4) is 0 Å². The van der Waals surface area contributed by atoms with E-state index in [0.717, 1.165) is 10.8 Å². The van der Waals surface area contributed by atoms with Gasteiger partial charge in [0.2, 0.25) is 0 Å². The predicted octanol–water partition coefficient (Wildman–Crippen LogP) is 2.60. The third kappa shape index (κ3) is 1.03. The van der Waals surface area contributed by atoms with Crippen LogP contribution in [0.3, 0.4) is 0 Å². The highest BCUT2D eigenvalue weighted by molar-refractivity contribution is 8.30. The van der Waals surface area contributed by atoms with E-state index in [4.69, 9.17) is 0 Å². The Kier molecular flexibility index (Phi) is 0.922. The van der Waals surface area contributed by atoms with Crippen molar-refractivity contribution >= 4 is 10.8 Å². The van der Waals surface area contributed by atoms with Crippen LogP contribution in [0.2, 0.25) is 0 Å². The summed E-state index contributed by atoms with van der Waals surface area (Å²) in [4.78, 5) is 0. The molecule has 1 aliphatic heterocycles. The topological polar surface area (TPSA) is 0 Å². The monoisotopic (exact) mass is 122 g/mol. The van der Waals surface area contributed by atoms with Gasteiger partial charge in [0.25, 0.3) is 0 Å². The van der Waals surface area contributed by atoms with Gasteiger partial charge in [0.15, 0.2) is 0 Å². The number of allylic oxidation sites excluding steroid dienone is 2. The van der Waals surface area contributed by atoms with E-state index >= 15 is 0 Å². The Morgan fingerprint density at radius 2 is 1.43 bits per heavy atom. The molecule has 7 heavy (non-hydrogen) atoms. The van der Waals surface area contributed by atoms with Crippen molar-refractivity contribution < 1.29 is 7.77 Å². The molecule has 0 N–H and O–H groups in total. The number of halogens is 2. The average molecular weight is 122 g/mol.